The van der Waals surface area contributed by atoms with Crippen LogP contribution in [0, 0.1) is 0 Å². The van der Waals surface area contributed by atoms with Crippen LogP contribution < -0.4 is 15.0 Å². The van der Waals surface area contributed by atoms with Gasteiger partial charge in [0.05, 0.1) is 38.0 Å². The summed E-state index contributed by atoms with van der Waals surface area (Å²) in [6.45, 7) is 3.26. The molecule has 5 rings (SSSR count). The van der Waals surface area contributed by atoms with Gasteiger partial charge in [-0.2, -0.15) is 0 Å². The molecule has 3 aliphatic rings. The Bertz CT molecular complexity index is 979. The number of aromatic nitrogens is 1. The SMILES string of the molecule is COc1cccnc1N1C(C)CC2(COCC(=O)N2)C1COC1CCC(c2ccccc2)CC1. The number of carbonyl (C=O) groups excluding carboxylic acids is 1. The Morgan fingerprint density at radius 3 is 2.68 bits per heavy atom. The third-order valence-corrected chi connectivity index (χ3v) is 7.74. The van der Waals surface area contributed by atoms with Crippen LogP contribution in [0.15, 0.2) is 48.7 Å². The minimum absolute atomic E-state index is 0.0679. The minimum Gasteiger partial charge on any atom is -0.493 e. The Kier molecular flexibility index (Phi) is 6.75. The van der Waals surface area contributed by atoms with Gasteiger partial charge in [0.1, 0.15) is 6.61 Å². The predicted molar refractivity (Wildman–Crippen MR) is 130 cm³/mol. The van der Waals surface area contributed by atoms with Crippen molar-refractivity contribution < 1.29 is 19.0 Å². The summed E-state index contributed by atoms with van der Waals surface area (Å²) in [6.07, 6.45) is 7.15. The van der Waals surface area contributed by atoms with Crippen molar-refractivity contribution in [1.82, 2.24) is 10.3 Å². The lowest BCUT2D eigenvalue weighted by Gasteiger charge is -2.42. The standard InChI is InChI=1S/C27H35N3O4/c1-19-15-27(18-33-17-25(31)29-27)24(30(19)26-23(32-2)9-6-14-28-26)16-34-22-12-10-21(11-13-22)20-7-4-3-5-8-20/h3-9,14,19,21-22,24H,10-13,15-18H2,1-2H3,(H,29,31). The summed E-state index contributed by atoms with van der Waals surface area (Å²) in [7, 11) is 1.67. The first-order valence-corrected chi connectivity index (χ1v) is 12.4. The fourth-order valence-electron chi connectivity index (χ4n) is 6.15. The van der Waals surface area contributed by atoms with Crippen LogP contribution in [0.1, 0.15) is 50.5 Å². The van der Waals surface area contributed by atoms with E-state index in [1.165, 1.54) is 5.56 Å². The molecule has 0 bridgehead atoms. The van der Waals surface area contributed by atoms with E-state index >= 15 is 0 Å². The molecule has 3 fully saturated rings. The molecular weight excluding hydrogens is 430 g/mol. The average Bonchev–Trinajstić information content (AvgIpc) is 3.12. The van der Waals surface area contributed by atoms with Crippen LogP contribution in [-0.2, 0) is 14.3 Å². The molecule has 7 nitrogen and oxygen atoms in total. The normalized spacial score (nSPS) is 31.5. The van der Waals surface area contributed by atoms with E-state index in [0.29, 0.717) is 19.1 Å². The first kappa shape index (κ1) is 23.1. The van der Waals surface area contributed by atoms with Gasteiger partial charge in [-0.15, -0.1) is 0 Å². The van der Waals surface area contributed by atoms with Crippen molar-refractivity contribution >= 4 is 11.7 Å². The molecule has 2 saturated heterocycles. The number of pyridine rings is 1. The molecule has 1 aliphatic carbocycles. The number of nitrogens with zero attached hydrogens (tertiary/aromatic N) is 2. The van der Waals surface area contributed by atoms with Gasteiger partial charge in [0.2, 0.25) is 5.91 Å². The Morgan fingerprint density at radius 2 is 1.94 bits per heavy atom. The molecule has 3 atom stereocenters. The highest BCUT2D eigenvalue weighted by Gasteiger charge is 2.54. The molecule has 2 aromatic rings. The molecule has 0 radical (unpaired) electrons. The van der Waals surface area contributed by atoms with Gasteiger partial charge in [-0.05, 0) is 62.6 Å². The predicted octanol–water partition coefficient (Wildman–Crippen LogP) is 3.69. The van der Waals surface area contributed by atoms with Crippen LogP contribution in [0.25, 0.3) is 0 Å². The minimum atomic E-state index is -0.501. The fourth-order valence-corrected chi connectivity index (χ4v) is 6.15. The summed E-state index contributed by atoms with van der Waals surface area (Å²) >= 11 is 0. The van der Waals surface area contributed by atoms with E-state index in [2.05, 4.69) is 52.5 Å². The van der Waals surface area contributed by atoms with Gasteiger partial charge in [-0.3, -0.25) is 4.79 Å². The van der Waals surface area contributed by atoms with Crippen LogP contribution in [0.4, 0.5) is 5.82 Å². The van der Waals surface area contributed by atoms with Crippen molar-refractivity contribution in [3.05, 3.63) is 54.2 Å². The number of amides is 1. The Labute approximate surface area is 201 Å². The monoisotopic (exact) mass is 465 g/mol. The largest absolute Gasteiger partial charge is 0.493 e. The molecule has 7 heteroatoms. The van der Waals surface area contributed by atoms with Gasteiger partial charge in [-0.1, -0.05) is 30.3 Å². The number of methoxy groups -OCH3 is 1. The molecule has 34 heavy (non-hydrogen) atoms. The molecule has 1 aromatic carbocycles. The van der Waals surface area contributed by atoms with Crippen LogP contribution in [-0.4, -0.2) is 61.5 Å². The molecular formula is C27H35N3O4. The second kappa shape index (κ2) is 9.92. The summed E-state index contributed by atoms with van der Waals surface area (Å²) in [5.74, 6) is 2.05. The van der Waals surface area contributed by atoms with E-state index in [0.717, 1.165) is 43.7 Å². The number of hydrogen-bond donors (Lipinski definition) is 1. The van der Waals surface area contributed by atoms with Crippen LogP contribution in [0.2, 0.25) is 0 Å². The van der Waals surface area contributed by atoms with E-state index in [1.807, 2.05) is 12.1 Å². The smallest absolute Gasteiger partial charge is 0.246 e. The molecule has 1 N–H and O–H groups in total. The van der Waals surface area contributed by atoms with Gasteiger partial charge < -0.3 is 24.4 Å². The molecule has 1 spiro atoms. The lowest BCUT2D eigenvalue weighted by Crippen LogP contribution is -2.64. The first-order chi connectivity index (χ1) is 16.6. The maximum atomic E-state index is 12.4. The van der Waals surface area contributed by atoms with Crippen molar-refractivity contribution in [3.63, 3.8) is 0 Å². The molecule has 1 amide bonds. The van der Waals surface area contributed by atoms with Crippen molar-refractivity contribution in [1.29, 1.82) is 0 Å². The summed E-state index contributed by atoms with van der Waals surface area (Å²) in [5.41, 5.74) is 0.929. The van der Waals surface area contributed by atoms with Gasteiger partial charge in [0.15, 0.2) is 11.6 Å². The Morgan fingerprint density at radius 1 is 1.15 bits per heavy atom. The van der Waals surface area contributed by atoms with Crippen LogP contribution in [0.5, 0.6) is 5.75 Å². The van der Waals surface area contributed by atoms with Gasteiger partial charge in [0.25, 0.3) is 0 Å². The molecule has 2 aliphatic heterocycles. The summed E-state index contributed by atoms with van der Waals surface area (Å²) in [6, 6.07) is 14.7. The van der Waals surface area contributed by atoms with Crippen LogP contribution >= 0.6 is 0 Å². The second-order valence-electron chi connectivity index (χ2n) is 9.92. The first-order valence-electron chi connectivity index (χ1n) is 12.4. The van der Waals surface area contributed by atoms with Crippen molar-refractivity contribution in [2.75, 3.05) is 31.8 Å². The zero-order chi connectivity index (χ0) is 23.5. The van der Waals surface area contributed by atoms with Gasteiger partial charge in [0, 0.05) is 12.2 Å². The quantitative estimate of drug-likeness (QED) is 0.702. The zero-order valence-corrected chi connectivity index (χ0v) is 20.1. The van der Waals surface area contributed by atoms with Gasteiger partial charge in [-0.25, -0.2) is 4.98 Å². The molecule has 3 unspecified atom stereocenters. The summed E-state index contributed by atoms with van der Waals surface area (Å²) in [4.78, 5) is 19.3. The highest BCUT2D eigenvalue weighted by molar-refractivity contribution is 5.79. The Hall–Kier alpha value is -2.64. The summed E-state index contributed by atoms with van der Waals surface area (Å²) < 4.78 is 18.0. The van der Waals surface area contributed by atoms with E-state index < -0.39 is 5.54 Å². The van der Waals surface area contributed by atoms with E-state index in [4.69, 9.17) is 14.2 Å². The highest BCUT2D eigenvalue weighted by Crippen LogP contribution is 2.42. The molecule has 182 valence electrons. The molecule has 3 heterocycles. The number of hydrogen-bond acceptors (Lipinski definition) is 6. The number of nitrogens with one attached hydrogen (secondary N) is 1. The van der Waals surface area contributed by atoms with Crippen LogP contribution in [0.3, 0.4) is 0 Å². The maximum absolute atomic E-state index is 12.4. The lowest BCUT2D eigenvalue weighted by atomic mass is 9.82. The van der Waals surface area contributed by atoms with Crippen molar-refractivity contribution in [2.24, 2.45) is 0 Å². The van der Waals surface area contributed by atoms with E-state index in [-0.39, 0.29) is 30.7 Å². The fraction of sp³-hybridized carbons (Fsp3) is 0.556. The van der Waals surface area contributed by atoms with Crippen molar-refractivity contribution in [2.45, 2.75) is 68.7 Å². The number of rotatable bonds is 6. The third-order valence-electron chi connectivity index (χ3n) is 7.74. The number of benzene rings is 1. The average molecular weight is 466 g/mol. The third kappa shape index (κ3) is 4.51. The molecule has 1 aromatic heterocycles. The van der Waals surface area contributed by atoms with E-state index in [9.17, 15) is 4.79 Å². The number of morpholine rings is 1. The maximum Gasteiger partial charge on any atom is 0.246 e. The summed E-state index contributed by atoms with van der Waals surface area (Å²) in [5, 5.41) is 3.27. The Balaban J connectivity index is 1.32. The van der Waals surface area contributed by atoms with Crippen molar-refractivity contribution in [3.8, 4) is 5.75 Å². The number of anilines is 1. The number of ether oxygens (including phenoxy) is 3. The lowest BCUT2D eigenvalue weighted by molar-refractivity contribution is -0.136. The zero-order valence-electron chi connectivity index (χ0n) is 20.1. The van der Waals surface area contributed by atoms with E-state index in [1.54, 1.807) is 13.3 Å². The number of carbonyl (C=O) groups is 1. The molecule has 1 saturated carbocycles. The highest BCUT2D eigenvalue weighted by atomic mass is 16.5. The topological polar surface area (TPSA) is 72.9 Å². The van der Waals surface area contributed by atoms with Gasteiger partial charge >= 0.3 is 0 Å². The second-order valence-corrected chi connectivity index (χ2v) is 9.92.